The normalized spacial score (nSPS) is 19.9. The van der Waals surface area contributed by atoms with E-state index in [4.69, 9.17) is 4.52 Å². The van der Waals surface area contributed by atoms with Crippen molar-refractivity contribution in [2.24, 2.45) is 7.05 Å². The Hall–Kier alpha value is -1.73. The first-order valence-corrected chi connectivity index (χ1v) is 7.80. The second kappa shape index (κ2) is 6.58. The molecule has 3 rings (SSSR count). The fourth-order valence-electron chi connectivity index (χ4n) is 3.04. The van der Waals surface area contributed by atoms with E-state index in [1.54, 1.807) is 0 Å². The standard InChI is InChI=1S/C15H24N6O/c1-12-17-14(18-22-12)10-21-7-4-5-13(9-21)20(3)11-15-16-6-8-19(15)2/h6,8,13H,4-5,7,9-11H2,1-3H3. The lowest BCUT2D eigenvalue weighted by atomic mass is 10.0. The first-order valence-electron chi connectivity index (χ1n) is 7.80. The number of likely N-dealkylation sites (N-methyl/N-ethyl adjacent to an activating group) is 1. The molecule has 1 aliphatic heterocycles. The molecule has 0 bridgehead atoms. The van der Waals surface area contributed by atoms with Gasteiger partial charge in [-0.15, -0.1) is 0 Å². The summed E-state index contributed by atoms with van der Waals surface area (Å²) >= 11 is 0. The van der Waals surface area contributed by atoms with Crippen molar-refractivity contribution in [2.75, 3.05) is 20.1 Å². The van der Waals surface area contributed by atoms with Crippen molar-refractivity contribution in [2.45, 2.75) is 38.9 Å². The number of nitrogens with zero attached hydrogens (tertiary/aromatic N) is 6. The first kappa shape index (κ1) is 15.2. The smallest absolute Gasteiger partial charge is 0.223 e. The van der Waals surface area contributed by atoms with Crippen LogP contribution in [-0.2, 0) is 20.1 Å². The van der Waals surface area contributed by atoms with Crippen LogP contribution in [-0.4, -0.2) is 55.7 Å². The Morgan fingerprint density at radius 2 is 2.32 bits per heavy atom. The molecule has 7 heteroatoms. The van der Waals surface area contributed by atoms with Gasteiger partial charge in [-0.2, -0.15) is 4.98 Å². The van der Waals surface area contributed by atoms with Crippen LogP contribution < -0.4 is 0 Å². The van der Waals surface area contributed by atoms with Crippen LogP contribution >= 0.6 is 0 Å². The summed E-state index contributed by atoms with van der Waals surface area (Å²) in [5, 5.41) is 4.00. The van der Waals surface area contributed by atoms with E-state index >= 15 is 0 Å². The Morgan fingerprint density at radius 3 is 3.00 bits per heavy atom. The van der Waals surface area contributed by atoms with Crippen LogP contribution in [0.25, 0.3) is 0 Å². The van der Waals surface area contributed by atoms with Crippen LogP contribution in [0.1, 0.15) is 30.4 Å². The third-order valence-corrected chi connectivity index (χ3v) is 4.35. The molecule has 0 aliphatic carbocycles. The summed E-state index contributed by atoms with van der Waals surface area (Å²) in [5.74, 6) is 2.52. The van der Waals surface area contributed by atoms with Gasteiger partial charge >= 0.3 is 0 Å². The molecule has 3 heterocycles. The lowest BCUT2D eigenvalue weighted by Gasteiger charge is -2.37. The van der Waals surface area contributed by atoms with Gasteiger partial charge in [0.05, 0.1) is 13.1 Å². The fourth-order valence-corrected chi connectivity index (χ4v) is 3.04. The predicted molar refractivity (Wildman–Crippen MR) is 82.0 cm³/mol. The Kier molecular flexibility index (Phi) is 4.54. The van der Waals surface area contributed by atoms with Gasteiger partial charge in [-0.1, -0.05) is 5.16 Å². The summed E-state index contributed by atoms with van der Waals surface area (Å²) < 4.78 is 7.14. The molecule has 2 aromatic heterocycles. The lowest BCUT2D eigenvalue weighted by molar-refractivity contribution is 0.102. The number of hydrogen-bond donors (Lipinski definition) is 0. The number of aryl methyl sites for hydroxylation is 2. The van der Waals surface area contributed by atoms with Gasteiger partial charge in [0.1, 0.15) is 5.82 Å². The fraction of sp³-hybridized carbons (Fsp3) is 0.667. The molecule has 2 aromatic rings. The average molecular weight is 304 g/mol. The third kappa shape index (κ3) is 3.53. The number of piperidine rings is 1. The van der Waals surface area contributed by atoms with Crippen molar-refractivity contribution >= 4 is 0 Å². The van der Waals surface area contributed by atoms with Gasteiger partial charge in [0.25, 0.3) is 0 Å². The minimum Gasteiger partial charge on any atom is -0.340 e. The average Bonchev–Trinajstić information content (AvgIpc) is 3.08. The highest BCUT2D eigenvalue weighted by molar-refractivity contribution is 4.93. The zero-order valence-corrected chi connectivity index (χ0v) is 13.6. The van der Waals surface area contributed by atoms with Crippen LogP contribution in [0, 0.1) is 6.92 Å². The van der Waals surface area contributed by atoms with Gasteiger partial charge in [0.2, 0.25) is 5.89 Å². The summed E-state index contributed by atoms with van der Waals surface area (Å²) in [5.41, 5.74) is 0. The van der Waals surface area contributed by atoms with Crippen LogP contribution in [0.2, 0.25) is 0 Å². The Bertz CT molecular complexity index is 607. The number of aromatic nitrogens is 4. The van der Waals surface area contributed by atoms with E-state index in [2.05, 4.69) is 36.5 Å². The SMILES string of the molecule is Cc1nc(CN2CCCC(N(C)Cc3nccn3C)C2)no1. The molecule has 0 amide bonds. The molecule has 120 valence electrons. The van der Waals surface area contributed by atoms with Crippen molar-refractivity contribution in [3.8, 4) is 0 Å². The van der Waals surface area contributed by atoms with Crippen LogP contribution in [0.4, 0.5) is 0 Å². The topological polar surface area (TPSA) is 63.2 Å². The van der Waals surface area contributed by atoms with E-state index in [1.165, 1.54) is 12.8 Å². The van der Waals surface area contributed by atoms with Crippen LogP contribution in [0.3, 0.4) is 0 Å². The molecule has 0 radical (unpaired) electrons. The molecular formula is C15H24N6O. The van der Waals surface area contributed by atoms with Crippen molar-refractivity contribution in [1.82, 2.24) is 29.5 Å². The minimum absolute atomic E-state index is 0.540. The maximum Gasteiger partial charge on any atom is 0.223 e. The minimum atomic E-state index is 0.540. The second-order valence-electron chi connectivity index (χ2n) is 6.13. The summed E-state index contributed by atoms with van der Waals surface area (Å²) in [4.78, 5) is 13.5. The summed E-state index contributed by atoms with van der Waals surface area (Å²) in [6.07, 6.45) is 6.28. The zero-order valence-electron chi connectivity index (χ0n) is 13.6. The molecule has 1 aliphatic rings. The van der Waals surface area contributed by atoms with E-state index in [1.807, 2.05) is 26.4 Å². The van der Waals surface area contributed by atoms with E-state index in [9.17, 15) is 0 Å². The largest absolute Gasteiger partial charge is 0.340 e. The number of hydrogen-bond acceptors (Lipinski definition) is 6. The monoisotopic (exact) mass is 304 g/mol. The maximum absolute atomic E-state index is 5.05. The van der Waals surface area contributed by atoms with Crippen LogP contribution in [0.5, 0.6) is 0 Å². The highest BCUT2D eigenvalue weighted by Gasteiger charge is 2.24. The Balaban J connectivity index is 1.56. The van der Waals surface area contributed by atoms with E-state index in [0.29, 0.717) is 11.9 Å². The molecule has 22 heavy (non-hydrogen) atoms. The lowest BCUT2D eigenvalue weighted by Crippen LogP contribution is -2.46. The molecule has 1 saturated heterocycles. The van der Waals surface area contributed by atoms with Gasteiger partial charge in [-0.05, 0) is 26.4 Å². The van der Waals surface area contributed by atoms with Gasteiger partial charge < -0.3 is 9.09 Å². The van der Waals surface area contributed by atoms with Crippen molar-refractivity contribution < 1.29 is 4.52 Å². The molecule has 1 atom stereocenters. The molecule has 7 nitrogen and oxygen atoms in total. The van der Waals surface area contributed by atoms with Crippen molar-refractivity contribution in [1.29, 1.82) is 0 Å². The molecule has 1 fully saturated rings. The Morgan fingerprint density at radius 1 is 1.45 bits per heavy atom. The zero-order chi connectivity index (χ0) is 15.5. The predicted octanol–water partition coefficient (Wildman–Crippen LogP) is 1.21. The van der Waals surface area contributed by atoms with E-state index < -0.39 is 0 Å². The molecule has 0 spiro atoms. The highest BCUT2D eigenvalue weighted by atomic mass is 16.5. The maximum atomic E-state index is 5.05. The van der Waals surface area contributed by atoms with Gasteiger partial charge in [0, 0.05) is 39.0 Å². The van der Waals surface area contributed by atoms with Crippen molar-refractivity contribution in [3.63, 3.8) is 0 Å². The van der Waals surface area contributed by atoms with Gasteiger partial charge in [0.15, 0.2) is 5.82 Å². The van der Waals surface area contributed by atoms with E-state index in [0.717, 1.165) is 37.8 Å². The summed E-state index contributed by atoms with van der Waals surface area (Å²) in [6.45, 7) is 5.61. The third-order valence-electron chi connectivity index (χ3n) is 4.35. The van der Waals surface area contributed by atoms with Crippen molar-refractivity contribution in [3.05, 3.63) is 29.9 Å². The van der Waals surface area contributed by atoms with Gasteiger partial charge in [-0.3, -0.25) is 9.80 Å². The summed E-state index contributed by atoms with van der Waals surface area (Å²) in [7, 11) is 4.23. The second-order valence-corrected chi connectivity index (χ2v) is 6.13. The first-order chi connectivity index (χ1) is 10.6. The quantitative estimate of drug-likeness (QED) is 0.827. The summed E-state index contributed by atoms with van der Waals surface area (Å²) in [6, 6.07) is 0.540. The molecule has 0 N–H and O–H groups in total. The highest BCUT2D eigenvalue weighted by Crippen LogP contribution is 2.18. The van der Waals surface area contributed by atoms with Gasteiger partial charge in [-0.25, -0.2) is 4.98 Å². The molecule has 0 aromatic carbocycles. The van der Waals surface area contributed by atoms with E-state index in [-0.39, 0.29) is 0 Å². The molecule has 1 unspecified atom stereocenters. The number of imidazole rings is 1. The Labute approximate surface area is 130 Å². The number of likely N-dealkylation sites (tertiary alicyclic amines) is 1. The van der Waals surface area contributed by atoms with Crippen LogP contribution in [0.15, 0.2) is 16.9 Å². The number of rotatable bonds is 5. The molecule has 0 saturated carbocycles. The molecular weight excluding hydrogens is 280 g/mol.